The second kappa shape index (κ2) is 5.82. The lowest BCUT2D eigenvalue weighted by Gasteiger charge is -2.20. The van der Waals surface area contributed by atoms with Gasteiger partial charge in [0.2, 0.25) is 5.91 Å². The first kappa shape index (κ1) is 12.1. The van der Waals surface area contributed by atoms with Crippen molar-refractivity contribution in [1.29, 1.82) is 0 Å². The molecule has 0 aromatic heterocycles. The molecule has 3 heteroatoms. The van der Waals surface area contributed by atoms with Gasteiger partial charge in [-0.15, -0.1) is 0 Å². The van der Waals surface area contributed by atoms with Crippen LogP contribution in [0.2, 0.25) is 0 Å². The van der Waals surface area contributed by atoms with Crippen LogP contribution < -0.4 is 11.1 Å². The highest BCUT2D eigenvalue weighted by molar-refractivity contribution is 5.78. The molecule has 0 radical (unpaired) electrons. The van der Waals surface area contributed by atoms with E-state index in [4.69, 9.17) is 5.73 Å². The first-order valence-corrected chi connectivity index (χ1v) is 6.33. The van der Waals surface area contributed by atoms with Crippen molar-refractivity contribution < 1.29 is 4.79 Å². The fraction of sp³-hybridized carbons (Fsp3) is 0.500. The molecule has 3 nitrogen and oxygen atoms in total. The zero-order chi connectivity index (χ0) is 12.1. The first-order valence-electron chi connectivity index (χ1n) is 6.33. The van der Waals surface area contributed by atoms with E-state index < -0.39 is 0 Å². The lowest BCUT2D eigenvalue weighted by molar-refractivity contribution is -0.120. The summed E-state index contributed by atoms with van der Waals surface area (Å²) in [5.41, 5.74) is 6.69. The largest absolute Gasteiger partial charge is 0.352 e. The summed E-state index contributed by atoms with van der Waals surface area (Å²) in [5, 5.41) is 3.03. The predicted octanol–water partition coefficient (Wildman–Crippen LogP) is 1.47. The molecule has 3 N–H and O–H groups in total. The Balaban J connectivity index is 1.93. The Morgan fingerprint density at radius 1 is 1.29 bits per heavy atom. The van der Waals surface area contributed by atoms with Crippen LogP contribution in [0.1, 0.15) is 24.8 Å². The molecule has 0 spiro atoms. The fourth-order valence-corrected chi connectivity index (χ4v) is 2.65. The van der Waals surface area contributed by atoms with Gasteiger partial charge in [-0.3, -0.25) is 4.79 Å². The van der Waals surface area contributed by atoms with Gasteiger partial charge < -0.3 is 11.1 Å². The highest BCUT2D eigenvalue weighted by Crippen LogP contribution is 2.28. The normalized spacial score (nSPS) is 23.6. The quantitative estimate of drug-likeness (QED) is 0.826. The molecule has 2 unspecified atom stereocenters. The second-order valence-corrected chi connectivity index (χ2v) is 4.76. The van der Waals surface area contributed by atoms with Crippen LogP contribution in [-0.2, 0) is 11.2 Å². The lowest BCUT2D eigenvalue weighted by atomic mass is 9.94. The average molecular weight is 232 g/mol. The van der Waals surface area contributed by atoms with Crippen LogP contribution in [0.15, 0.2) is 30.3 Å². The van der Waals surface area contributed by atoms with E-state index >= 15 is 0 Å². The minimum absolute atomic E-state index is 0.0324. The molecule has 0 saturated heterocycles. The van der Waals surface area contributed by atoms with E-state index in [2.05, 4.69) is 29.6 Å². The number of carbonyl (C=O) groups excluding carboxylic acids is 1. The van der Waals surface area contributed by atoms with Crippen LogP contribution in [0, 0.1) is 5.92 Å². The Morgan fingerprint density at radius 2 is 2.06 bits per heavy atom. The molecule has 1 aromatic rings. The number of carbonyl (C=O) groups is 1. The van der Waals surface area contributed by atoms with Gasteiger partial charge in [-0.05, 0) is 30.7 Å². The first-order chi connectivity index (χ1) is 8.29. The maximum absolute atomic E-state index is 11.3. The second-order valence-electron chi connectivity index (χ2n) is 4.76. The number of hydrogen-bond donors (Lipinski definition) is 2. The third-order valence-electron chi connectivity index (χ3n) is 3.53. The van der Waals surface area contributed by atoms with E-state index in [9.17, 15) is 4.79 Å². The van der Waals surface area contributed by atoms with Crippen molar-refractivity contribution in [2.75, 3.05) is 6.54 Å². The molecule has 0 aliphatic heterocycles. The number of nitrogens with two attached hydrogens (primary N) is 1. The molecule has 1 aliphatic carbocycles. The van der Waals surface area contributed by atoms with Gasteiger partial charge in [0, 0.05) is 6.04 Å². The Morgan fingerprint density at radius 3 is 2.76 bits per heavy atom. The van der Waals surface area contributed by atoms with Crippen LogP contribution in [0.25, 0.3) is 0 Å². The van der Waals surface area contributed by atoms with Gasteiger partial charge in [0.1, 0.15) is 0 Å². The fourth-order valence-electron chi connectivity index (χ4n) is 2.65. The Kier molecular flexibility index (Phi) is 4.15. The Bertz CT molecular complexity index is 364. The van der Waals surface area contributed by atoms with Crippen molar-refractivity contribution in [1.82, 2.24) is 5.32 Å². The zero-order valence-electron chi connectivity index (χ0n) is 10.1. The number of rotatable bonds is 4. The van der Waals surface area contributed by atoms with Crippen molar-refractivity contribution in [2.24, 2.45) is 11.7 Å². The van der Waals surface area contributed by atoms with Gasteiger partial charge in [-0.25, -0.2) is 0 Å². The van der Waals surface area contributed by atoms with Crippen LogP contribution in [0.5, 0.6) is 0 Å². The SMILES string of the molecule is NCC(=O)NC1CCCC1Cc1ccccc1. The van der Waals surface area contributed by atoms with Crippen LogP contribution >= 0.6 is 0 Å². The smallest absolute Gasteiger partial charge is 0.233 e. The van der Waals surface area contributed by atoms with Crippen molar-refractivity contribution in [3.63, 3.8) is 0 Å². The summed E-state index contributed by atoms with van der Waals surface area (Å²) in [5.74, 6) is 0.530. The molecule has 0 heterocycles. The maximum Gasteiger partial charge on any atom is 0.233 e. The van der Waals surface area contributed by atoms with Crippen molar-refractivity contribution in [2.45, 2.75) is 31.7 Å². The summed E-state index contributed by atoms with van der Waals surface area (Å²) in [6.45, 7) is 0.0918. The molecule has 1 amide bonds. The molecule has 2 atom stereocenters. The van der Waals surface area contributed by atoms with Crippen molar-refractivity contribution >= 4 is 5.91 Å². The average Bonchev–Trinajstić information content (AvgIpc) is 2.78. The van der Waals surface area contributed by atoms with Gasteiger partial charge in [0.05, 0.1) is 6.54 Å². The van der Waals surface area contributed by atoms with Gasteiger partial charge in [-0.2, -0.15) is 0 Å². The minimum Gasteiger partial charge on any atom is -0.352 e. The molecule has 1 aliphatic rings. The molecule has 1 saturated carbocycles. The molecular formula is C14H20N2O. The van der Waals surface area contributed by atoms with Crippen LogP contribution in [-0.4, -0.2) is 18.5 Å². The summed E-state index contributed by atoms with van der Waals surface area (Å²) < 4.78 is 0. The number of hydrogen-bond acceptors (Lipinski definition) is 2. The van der Waals surface area contributed by atoms with E-state index in [0.717, 1.165) is 12.8 Å². The summed E-state index contributed by atoms with van der Waals surface area (Å²) in [4.78, 5) is 11.3. The highest BCUT2D eigenvalue weighted by Gasteiger charge is 2.28. The van der Waals surface area contributed by atoms with E-state index in [1.165, 1.54) is 18.4 Å². The number of benzene rings is 1. The van der Waals surface area contributed by atoms with Crippen LogP contribution in [0.3, 0.4) is 0 Å². The monoisotopic (exact) mass is 232 g/mol. The molecule has 0 bridgehead atoms. The predicted molar refractivity (Wildman–Crippen MR) is 68.5 cm³/mol. The van der Waals surface area contributed by atoms with Crippen LogP contribution in [0.4, 0.5) is 0 Å². The van der Waals surface area contributed by atoms with Gasteiger partial charge in [0.25, 0.3) is 0 Å². The Labute approximate surface area is 102 Å². The van der Waals surface area contributed by atoms with E-state index in [1.807, 2.05) is 6.07 Å². The number of amides is 1. The zero-order valence-corrected chi connectivity index (χ0v) is 10.1. The Hall–Kier alpha value is -1.35. The lowest BCUT2D eigenvalue weighted by Crippen LogP contribution is -2.41. The van der Waals surface area contributed by atoms with E-state index in [1.54, 1.807) is 0 Å². The van der Waals surface area contributed by atoms with Gasteiger partial charge in [0.15, 0.2) is 0 Å². The molecule has 17 heavy (non-hydrogen) atoms. The van der Waals surface area contributed by atoms with Crippen molar-refractivity contribution in [3.8, 4) is 0 Å². The van der Waals surface area contributed by atoms with Gasteiger partial charge >= 0.3 is 0 Å². The molecular weight excluding hydrogens is 212 g/mol. The third-order valence-corrected chi connectivity index (χ3v) is 3.53. The summed E-state index contributed by atoms with van der Waals surface area (Å²) in [6.07, 6.45) is 4.54. The third kappa shape index (κ3) is 3.30. The van der Waals surface area contributed by atoms with Crippen molar-refractivity contribution in [3.05, 3.63) is 35.9 Å². The van der Waals surface area contributed by atoms with E-state index in [-0.39, 0.29) is 12.5 Å². The summed E-state index contributed by atoms with van der Waals surface area (Å²) in [6, 6.07) is 10.8. The minimum atomic E-state index is -0.0324. The van der Waals surface area contributed by atoms with E-state index in [0.29, 0.717) is 12.0 Å². The molecule has 2 rings (SSSR count). The highest BCUT2D eigenvalue weighted by atomic mass is 16.1. The molecule has 1 fully saturated rings. The number of nitrogens with one attached hydrogen (secondary N) is 1. The topological polar surface area (TPSA) is 55.1 Å². The van der Waals surface area contributed by atoms with Gasteiger partial charge in [-0.1, -0.05) is 36.8 Å². The summed E-state index contributed by atoms with van der Waals surface area (Å²) >= 11 is 0. The standard InChI is InChI=1S/C14H20N2O/c15-10-14(17)16-13-8-4-7-12(13)9-11-5-2-1-3-6-11/h1-3,5-6,12-13H,4,7-10,15H2,(H,16,17). The molecule has 92 valence electrons. The molecule has 1 aromatic carbocycles. The summed E-state index contributed by atoms with van der Waals surface area (Å²) in [7, 11) is 0. The maximum atomic E-state index is 11.3.